The van der Waals surface area contributed by atoms with Gasteiger partial charge in [-0.25, -0.2) is 0 Å². The molecule has 0 amide bonds. The van der Waals surface area contributed by atoms with Crippen LogP contribution in [-0.4, -0.2) is 5.78 Å². The zero-order chi connectivity index (χ0) is 20.0. The van der Waals surface area contributed by atoms with Crippen molar-refractivity contribution in [3.63, 3.8) is 0 Å². The van der Waals surface area contributed by atoms with E-state index in [4.69, 9.17) is 0 Å². The smallest absolute Gasteiger partial charge is 0.159 e. The van der Waals surface area contributed by atoms with Crippen molar-refractivity contribution in [2.45, 2.75) is 47.5 Å². The lowest BCUT2D eigenvalue weighted by atomic mass is 9.85. The van der Waals surface area contributed by atoms with Crippen LogP contribution in [0.1, 0.15) is 46.6 Å². The van der Waals surface area contributed by atoms with E-state index in [1.807, 2.05) is 6.92 Å². The van der Waals surface area contributed by atoms with Crippen LogP contribution in [0.3, 0.4) is 0 Å². The van der Waals surface area contributed by atoms with E-state index in [2.05, 4.69) is 97.7 Å². The molecular formula is C25H31OP. The second-order valence-electron chi connectivity index (χ2n) is 7.98. The number of ketones is 1. The molecule has 1 aromatic rings. The first kappa shape index (κ1) is 21.3. The minimum absolute atomic E-state index is 0.0546. The minimum Gasteiger partial charge on any atom is -0.295 e. The fourth-order valence-corrected chi connectivity index (χ4v) is 3.64. The lowest BCUT2D eigenvalue weighted by Gasteiger charge is -2.19. The third-order valence-corrected chi connectivity index (χ3v) is 5.65. The van der Waals surface area contributed by atoms with Crippen molar-refractivity contribution in [1.82, 2.24) is 0 Å². The SMILES string of the molecule is CC(C=CC1=C(C)C(=O)CC1(C)C)=CC=CC(C)=CCc1ccccc1P. The van der Waals surface area contributed by atoms with E-state index in [9.17, 15) is 4.79 Å². The highest BCUT2D eigenvalue weighted by molar-refractivity contribution is 7.27. The highest BCUT2D eigenvalue weighted by Crippen LogP contribution is 2.40. The van der Waals surface area contributed by atoms with E-state index >= 15 is 0 Å². The molecule has 0 spiro atoms. The summed E-state index contributed by atoms with van der Waals surface area (Å²) in [7, 11) is 2.79. The Kier molecular flexibility index (Phi) is 7.33. The average molecular weight is 378 g/mol. The van der Waals surface area contributed by atoms with Crippen LogP contribution in [0.2, 0.25) is 0 Å². The van der Waals surface area contributed by atoms with Crippen molar-refractivity contribution < 1.29 is 4.79 Å². The third-order valence-electron chi connectivity index (χ3n) is 5.08. The Balaban J connectivity index is 1.99. The number of benzene rings is 1. The summed E-state index contributed by atoms with van der Waals surface area (Å²) >= 11 is 0. The minimum atomic E-state index is -0.0546. The molecule has 0 fully saturated rings. The van der Waals surface area contributed by atoms with Crippen molar-refractivity contribution >= 4 is 20.3 Å². The maximum atomic E-state index is 12.0. The number of hydrogen-bond acceptors (Lipinski definition) is 1. The summed E-state index contributed by atoms with van der Waals surface area (Å²) in [5.74, 6) is 0.272. The Hall–Kier alpha value is -1.98. The summed E-state index contributed by atoms with van der Waals surface area (Å²) in [6.45, 7) is 10.4. The molecule has 0 aliphatic heterocycles. The van der Waals surface area contributed by atoms with Gasteiger partial charge in [0.1, 0.15) is 0 Å². The van der Waals surface area contributed by atoms with Gasteiger partial charge in [-0.3, -0.25) is 4.79 Å². The standard InChI is InChI=1S/C25H31OP/c1-18(13-15-21-11-6-7-12-24(21)27)9-8-10-19(2)14-16-22-20(3)23(26)17-25(22,4)5/h6-14,16H,15,17,27H2,1-5H3. The number of allylic oxidation sites excluding steroid dienone is 10. The van der Waals surface area contributed by atoms with E-state index in [0.717, 1.165) is 17.6 Å². The van der Waals surface area contributed by atoms with Crippen molar-refractivity contribution in [2.24, 2.45) is 5.41 Å². The van der Waals surface area contributed by atoms with Crippen molar-refractivity contribution in [1.29, 1.82) is 0 Å². The molecule has 0 N–H and O–H groups in total. The quantitative estimate of drug-likeness (QED) is 0.435. The predicted octanol–water partition coefficient (Wildman–Crippen LogP) is 6.05. The van der Waals surface area contributed by atoms with Crippen LogP contribution in [-0.2, 0) is 11.2 Å². The summed E-state index contributed by atoms with van der Waals surface area (Å²) in [5, 5.41) is 1.25. The zero-order valence-corrected chi connectivity index (χ0v) is 18.3. The van der Waals surface area contributed by atoms with Crippen LogP contribution in [0.25, 0.3) is 0 Å². The van der Waals surface area contributed by atoms with E-state index in [-0.39, 0.29) is 11.2 Å². The summed E-state index contributed by atoms with van der Waals surface area (Å²) in [6, 6.07) is 8.42. The van der Waals surface area contributed by atoms with Gasteiger partial charge < -0.3 is 0 Å². The zero-order valence-electron chi connectivity index (χ0n) is 17.2. The average Bonchev–Trinajstić information content (AvgIpc) is 2.79. The van der Waals surface area contributed by atoms with Crippen LogP contribution in [0.5, 0.6) is 0 Å². The topological polar surface area (TPSA) is 17.1 Å². The van der Waals surface area contributed by atoms with Gasteiger partial charge in [-0.05, 0) is 54.6 Å². The van der Waals surface area contributed by atoms with Gasteiger partial charge in [0.05, 0.1) is 0 Å². The fraction of sp³-hybridized carbons (Fsp3) is 0.320. The predicted molar refractivity (Wildman–Crippen MR) is 121 cm³/mol. The first-order valence-corrected chi connectivity index (χ1v) is 10.1. The molecule has 27 heavy (non-hydrogen) atoms. The molecule has 0 bridgehead atoms. The molecule has 1 atom stereocenters. The van der Waals surface area contributed by atoms with Crippen LogP contribution >= 0.6 is 9.24 Å². The Morgan fingerprint density at radius 1 is 1.15 bits per heavy atom. The van der Waals surface area contributed by atoms with Gasteiger partial charge in [-0.15, -0.1) is 9.24 Å². The summed E-state index contributed by atoms with van der Waals surface area (Å²) < 4.78 is 0. The monoisotopic (exact) mass is 378 g/mol. The van der Waals surface area contributed by atoms with Crippen molar-refractivity contribution in [3.8, 4) is 0 Å². The van der Waals surface area contributed by atoms with E-state index in [1.165, 1.54) is 22.0 Å². The summed E-state index contributed by atoms with van der Waals surface area (Å²) in [5.41, 5.74) is 5.77. The fourth-order valence-electron chi connectivity index (χ4n) is 3.32. The first-order chi connectivity index (χ1) is 12.7. The second-order valence-corrected chi connectivity index (χ2v) is 8.60. The normalized spacial score (nSPS) is 18.4. The number of rotatable bonds is 6. The Labute approximate surface area is 166 Å². The van der Waals surface area contributed by atoms with Crippen molar-refractivity contribution in [3.05, 3.63) is 88.6 Å². The highest BCUT2D eigenvalue weighted by Gasteiger charge is 2.34. The van der Waals surface area contributed by atoms with Gasteiger partial charge in [0.2, 0.25) is 0 Å². The van der Waals surface area contributed by atoms with Gasteiger partial charge in [-0.1, -0.05) is 85.7 Å². The molecule has 0 saturated carbocycles. The first-order valence-electron chi connectivity index (χ1n) is 9.48. The van der Waals surface area contributed by atoms with E-state index in [1.54, 1.807) is 0 Å². The van der Waals surface area contributed by atoms with Crippen LogP contribution < -0.4 is 5.30 Å². The third kappa shape index (κ3) is 6.01. The molecule has 1 aliphatic carbocycles. The Bertz CT molecular complexity index is 860. The van der Waals surface area contributed by atoms with Gasteiger partial charge in [-0.2, -0.15) is 0 Å². The largest absolute Gasteiger partial charge is 0.295 e. The molecule has 1 nitrogen and oxygen atoms in total. The van der Waals surface area contributed by atoms with Gasteiger partial charge >= 0.3 is 0 Å². The highest BCUT2D eigenvalue weighted by atomic mass is 31.0. The molecular weight excluding hydrogens is 347 g/mol. The maximum Gasteiger partial charge on any atom is 0.159 e. The van der Waals surface area contributed by atoms with E-state index < -0.39 is 0 Å². The summed E-state index contributed by atoms with van der Waals surface area (Å²) in [4.78, 5) is 12.0. The molecule has 142 valence electrons. The second kappa shape index (κ2) is 9.29. The molecule has 0 heterocycles. The maximum absolute atomic E-state index is 12.0. The van der Waals surface area contributed by atoms with Crippen LogP contribution in [0.15, 0.2) is 83.0 Å². The van der Waals surface area contributed by atoms with Gasteiger partial charge in [0, 0.05) is 6.42 Å². The number of carbonyl (C=O) groups excluding carboxylic acids is 1. The molecule has 0 saturated heterocycles. The molecule has 2 heteroatoms. The lowest BCUT2D eigenvalue weighted by Crippen LogP contribution is -2.09. The van der Waals surface area contributed by atoms with Gasteiger partial charge in [0.15, 0.2) is 5.78 Å². The molecule has 1 aromatic carbocycles. The van der Waals surface area contributed by atoms with Crippen LogP contribution in [0, 0.1) is 5.41 Å². The number of Topliss-reactive ketones (excluding diaryl/α,β-unsaturated/α-hetero) is 1. The number of hydrogen-bond donors (Lipinski definition) is 0. The van der Waals surface area contributed by atoms with Gasteiger partial charge in [0.25, 0.3) is 0 Å². The van der Waals surface area contributed by atoms with Crippen molar-refractivity contribution in [2.75, 3.05) is 0 Å². The van der Waals surface area contributed by atoms with E-state index in [0.29, 0.717) is 6.42 Å². The Morgan fingerprint density at radius 3 is 2.48 bits per heavy atom. The molecule has 1 aliphatic rings. The summed E-state index contributed by atoms with van der Waals surface area (Å²) in [6.07, 6.45) is 14.3. The Morgan fingerprint density at radius 2 is 1.85 bits per heavy atom. The van der Waals surface area contributed by atoms with Crippen LogP contribution in [0.4, 0.5) is 0 Å². The molecule has 1 unspecified atom stereocenters. The molecule has 0 radical (unpaired) electrons. The lowest BCUT2D eigenvalue weighted by molar-refractivity contribution is -0.115. The molecule has 0 aromatic heterocycles. The number of carbonyl (C=O) groups is 1. The molecule has 2 rings (SSSR count).